The molecule has 2 rings (SSSR count). The van der Waals surface area contributed by atoms with Crippen molar-refractivity contribution in [1.82, 2.24) is 9.78 Å². The Morgan fingerprint density at radius 2 is 2.00 bits per heavy atom. The number of rotatable bonds is 3. The molecule has 0 aliphatic heterocycles. The summed E-state index contributed by atoms with van der Waals surface area (Å²) in [5.41, 5.74) is 0.403. The monoisotopic (exact) mass is 262 g/mol. The maximum Gasteiger partial charge on any atom is 0.331 e. The van der Waals surface area contributed by atoms with Gasteiger partial charge in [0.25, 0.3) is 0 Å². The third-order valence-electron chi connectivity index (χ3n) is 3.12. The van der Waals surface area contributed by atoms with Gasteiger partial charge in [0.2, 0.25) is 0 Å². The first kappa shape index (κ1) is 13.3. The van der Waals surface area contributed by atoms with Crippen LogP contribution in [0.4, 0.5) is 4.39 Å². The van der Waals surface area contributed by atoms with Crippen LogP contribution in [0.15, 0.2) is 30.5 Å². The van der Waals surface area contributed by atoms with Crippen molar-refractivity contribution in [2.45, 2.75) is 26.3 Å². The highest BCUT2D eigenvalue weighted by Crippen LogP contribution is 2.26. The van der Waals surface area contributed by atoms with E-state index in [4.69, 9.17) is 0 Å². The molecule has 0 saturated heterocycles. The van der Waals surface area contributed by atoms with Crippen molar-refractivity contribution in [2.24, 2.45) is 0 Å². The van der Waals surface area contributed by atoms with Crippen molar-refractivity contribution < 1.29 is 14.3 Å². The van der Waals surface area contributed by atoms with Gasteiger partial charge in [-0.25, -0.2) is 9.18 Å². The van der Waals surface area contributed by atoms with Crippen LogP contribution < -0.4 is 0 Å². The number of aromatic nitrogens is 2. The third kappa shape index (κ3) is 2.23. The Balaban J connectivity index is 2.55. The molecule has 100 valence electrons. The predicted molar refractivity (Wildman–Crippen MR) is 69.3 cm³/mol. The van der Waals surface area contributed by atoms with E-state index in [1.54, 1.807) is 45.2 Å². The number of nitrogens with zero attached hydrogens (tertiary/aromatic N) is 2. The molecule has 0 aliphatic rings. The summed E-state index contributed by atoms with van der Waals surface area (Å²) in [6, 6.07) is 6.31. The van der Waals surface area contributed by atoms with Crippen LogP contribution in [0.1, 0.15) is 19.4 Å². The number of carboxylic acids is 1. The Morgan fingerprint density at radius 1 is 1.37 bits per heavy atom. The molecule has 0 saturated carbocycles. The summed E-state index contributed by atoms with van der Waals surface area (Å²) < 4.78 is 15.1. The zero-order valence-corrected chi connectivity index (χ0v) is 11.0. The van der Waals surface area contributed by atoms with Crippen molar-refractivity contribution in [3.63, 3.8) is 0 Å². The van der Waals surface area contributed by atoms with Crippen LogP contribution in [-0.2, 0) is 10.3 Å². The minimum Gasteiger partial charge on any atom is -0.479 e. The van der Waals surface area contributed by atoms with Crippen LogP contribution in [0.25, 0.3) is 11.3 Å². The van der Waals surface area contributed by atoms with E-state index >= 15 is 0 Å². The minimum absolute atomic E-state index is 0.371. The van der Waals surface area contributed by atoms with Crippen LogP contribution in [0, 0.1) is 12.7 Å². The molecule has 0 atom stereocenters. The number of benzene rings is 1. The summed E-state index contributed by atoms with van der Waals surface area (Å²) in [6.07, 6.45) is 1.62. The molecule has 19 heavy (non-hydrogen) atoms. The third-order valence-corrected chi connectivity index (χ3v) is 3.12. The second kappa shape index (κ2) is 4.50. The molecular weight excluding hydrogens is 247 g/mol. The maximum absolute atomic E-state index is 13.8. The van der Waals surface area contributed by atoms with Crippen LogP contribution >= 0.6 is 0 Å². The number of halogens is 1. The number of carbonyl (C=O) groups is 1. The van der Waals surface area contributed by atoms with Crippen molar-refractivity contribution in [1.29, 1.82) is 0 Å². The number of hydrogen-bond acceptors (Lipinski definition) is 2. The summed E-state index contributed by atoms with van der Waals surface area (Å²) >= 11 is 0. The fourth-order valence-corrected chi connectivity index (χ4v) is 1.76. The van der Waals surface area contributed by atoms with E-state index in [9.17, 15) is 14.3 Å². The van der Waals surface area contributed by atoms with Gasteiger partial charge in [0, 0.05) is 11.8 Å². The van der Waals surface area contributed by atoms with Gasteiger partial charge in [0.05, 0.1) is 5.69 Å². The highest BCUT2D eigenvalue weighted by molar-refractivity contribution is 5.76. The predicted octanol–water partition coefficient (Wildman–Crippen LogP) is 2.82. The number of aryl methyl sites for hydroxylation is 1. The maximum atomic E-state index is 13.8. The topological polar surface area (TPSA) is 55.1 Å². The first-order chi connectivity index (χ1) is 8.84. The number of hydrogen-bond donors (Lipinski definition) is 1. The van der Waals surface area contributed by atoms with Crippen LogP contribution in [0.3, 0.4) is 0 Å². The van der Waals surface area contributed by atoms with Gasteiger partial charge in [-0.3, -0.25) is 4.68 Å². The fraction of sp³-hybridized carbons (Fsp3) is 0.286. The van der Waals surface area contributed by atoms with Crippen LogP contribution in [0.2, 0.25) is 0 Å². The van der Waals surface area contributed by atoms with E-state index in [2.05, 4.69) is 5.10 Å². The molecule has 5 heteroatoms. The molecule has 2 aromatic rings. The van der Waals surface area contributed by atoms with Crippen molar-refractivity contribution in [3.05, 3.63) is 41.8 Å². The standard InChI is InChI=1S/C14H15FN2O2/c1-9-8-17(14(2,3)13(18)19)16-12(9)10-6-4-5-7-11(10)15/h4-8H,1-3H3,(H,18,19). The van der Waals surface area contributed by atoms with Crippen molar-refractivity contribution in [3.8, 4) is 11.3 Å². The first-order valence-electron chi connectivity index (χ1n) is 5.89. The zero-order chi connectivity index (χ0) is 14.2. The summed E-state index contributed by atoms with van der Waals surface area (Å²) in [7, 11) is 0. The molecule has 0 aliphatic carbocycles. The van der Waals surface area contributed by atoms with Crippen molar-refractivity contribution >= 4 is 5.97 Å². The SMILES string of the molecule is Cc1cn(C(C)(C)C(=O)O)nc1-c1ccccc1F. The van der Waals surface area contributed by atoms with Gasteiger partial charge in [-0.15, -0.1) is 0 Å². The lowest BCUT2D eigenvalue weighted by atomic mass is 10.1. The molecule has 1 aromatic carbocycles. The van der Waals surface area contributed by atoms with Crippen LogP contribution in [0.5, 0.6) is 0 Å². The second-order valence-electron chi connectivity index (χ2n) is 4.95. The minimum atomic E-state index is -1.17. The molecule has 0 spiro atoms. The zero-order valence-electron chi connectivity index (χ0n) is 11.0. The van der Waals surface area contributed by atoms with Gasteiger partial charge < -0.3 is 5.11 Å². The smallest absolute Gasteiger partial charge is 0.331 e. The largest absolute Gasteiger partial charge is 0.479 e. The van der Waals surface area contributed by atoms with Gasteiger partial charge in [-0.2, -0.15) is 5.10 Å². The molecule has 1 aromatic heterocycles. The number of aliphatic carboxylic acids is 1. The fourth-order valence-electron chi connectivity index (χ4n) is 1.76. The van der Waals surface area contributed by atoms with Crippen molar-refractivity contribution in [2.75, 3.05) is 0 Å². The Hall–Kier alpha value is -2.17. The lowest BCUT2D eigenvalue weighted by molar-refractivity contribution is -0.146. The lowest BCUT2D eigenvalue weighted by Gasteiger charge is -2.19. The Bertz CT molecular complexity index is 632. The van der Waals surface area contributed by atoms with E-state index in [1.807, 2.05) is 0 Å². The molecule has 1 N–H and O–H groups in total. The molecule has 4 nitrogen and oxygen atoms in total. The normalized spacial score (nSPS) is 11.6. The summed E-state index contributed by atoms with van der Waals surface area (Å²) in [5, 5.41) is 13.4. The molecule has 0 unspecified atom stereocenters. The van der Waals surface area contributed by atoms with E-state index in [0.717, 1.165) is 5.56 Å². The van der Waals surface area contributed by atoms with Gasteiger partial charge in [-0.05, 0) is 38.5 Å². The summed E-state index contributed by atoms with van der Waals surface area (Å²) in [6.45, 7) is 4.88. The highest BCUT2D eigenvalue weighted by atomic mass is 19.1. The average Bonchev–Trinajstić information content (AvgIpc) is 2.72. The first-order valence-corrected chi connectivity index (χ1v) is 5.89. The van der Waals surface area contributed by atoms with E-state index in [0.29, 0.717) is 11.3 Å². The molecule has 0 fully saturated rings. The van der Waals surface area contributed by atoms with E-state index in [1.165, 1.54) is 10.7 Å². The van der Waals surface area contributed by atoms with Crippen LogP contribution in [-0.4, -0.2) is 20.9 Å². The summed E-state index contributed by atoms with van der Waals surface area (Å²) in [4.78, 5) is 11.2. The number of carboxylic acid groups (broad SMARTS) is 1. The van der Waals surface area contributed by atoms with E-state index < -0.39 is 11.5 Å². The molecule has 0 bridgehead atoms. The molecule has 0 radical (unpaired) electrons. The van der Waals surface area contributed by atoms with E-state index in [-0.39, 0.29) is 5.82 Å². The van der Waals surface area contributed by atoms with Gasteiger partial charge >= 0.3 is 5.97 Å². The van der Waals surface area contributed by atoms with Gasteiger partial charge in [0.15, 0.2) is 5.54 Å². The Morgan fingerprint density at radius 3 is 2.58 bits per heavy atom. The Kier molecular flexibility index (Phi) is 3.14. The van der Waals surface area contributed by atoms with Gasteiger partial charge in [0.1, 0.15) is 5.82 Å². The average molecular weight is 262 g/mol. The molecular formula is C14H15FN2O2. The van der Waals surface area contributed by atoms with Gasteiger partial charge in [-0.1, -0.05) is 12.1 Å². The molecule has 0 amide bonds. The Labute approximate surface area is 110 Å². The lowest BCUT2D eigenvalue weighted by Crippen LogP contribution is -2.36. The second-order valence-corrected chi connectivity index (χ2v) is 4.95. The highest BCUT2D eigenvalue weighted by Gasteiger charge is 2.31. The summed E-state index contributed by atoms with van der Waals surface area (Å²) in [5.74, 6) is -1.36. The molecule has 1 heterocycles. The quantitative estimate of drug-likeness (QED) is 0.925.